The average molecular weight is 368 g/mol. The van der Waals surface area contributed by atoms with Gasteiger partial charge in [0.2, 0.25) is 0 Å². The van der Waals surface area contributed by atoms with Gasteiger partial charge in [0.05, 0.1) is 23.1 Å². The van der Waals surface area contributed by atoms with Gasteiger partial charge in [-0.15, -0.1) is 11.3 Å². The molecule has 1 unspecified atom stereocenters. The number of aromatic nitrogens is 5. The first-order valence-electron chi connectivity index (χ1n) is 8.70. The quantitative estimate of drug-likeness (QED) is 0.765. The summed E-state index contributed by atoms with van der Waals surface area (Å²) >= 11 is 1.42. The third kappa shape index (κ3) is 3.50. The fraction of sp³-hybridized carbons (Fsp3) is 0.389. The number of thiazole rings is 1. The van der Waals surface area contributed by atoms with Crippen molar-refractivity contribution in [3.63, 3.8) is 0 Å². The van der Waals surface area contributed by atoms with Crippen molar-refractivity contribution >= 4 is 17.2 Å². The Morgan fingerprint density at radius 2 is 2.23 bits per heavy atom. The van der Waals surface area contributed by atoms with Gasteiger partial charge in [-0.1, -0.05) is 0 Å². The average Bonchev–Trinajstić information content (AvgIpc) is 3.34. The standard InChI is InChI=1S/C18H20N6OS/c1-12-16(26-11-23-12)18(25)24-6-2-3-13(10-24)7-14-8-22-15(9-21-14)17-19-4-5-20-17/h4-5,8-9,11,13H,2-3,6-7,10H2,1H3,(H,19,20). The molecule has 1 fully saturated rings. The van der Waals surface area contributed by atoms with E-state index < -0.39 is 0 Å². The van der Waals surface area contributed by atoms with E-state index in [4.69, 9.17) is 0 Å². The summed E-state index contributed by atoms with van der Waals surface area (Å²) in [6.45, 7) is 3.47. The largest absolute Gasteiger partial charge is 0.343 e. The van der Waals surface area contributed by atoms with Gasteiger partial charge in [-0.05, 0) is 32.1 Å². The second kappa shape index (κ2) is 7.33. The number of H-pyrrole nitrogens is 1. The van der Waals surface area contributed by atoms with Gasteiger partial charge in [0.25, 0.3) is 5.91 Å². The molecule has 4 heterocycles. The zero-order valence-corrected chi connectivity index (χ0v) is 15.4. The Labute approximate surface area is 155 Å². The maximum Gasteiger partial charge on any atom is 0.265 e. The van der Waals surface area contributed by atoms with Crippen molar-refractivity contribution < 1.29 is 4.79 Å². The Balaban J connectivity index is 1.40. The van der Waals surface area contributed by atoms with Crippen molar-refractivity contribution in [3.05, 3.63) is 46.6 Å². The first-order valence-corrected chi connectivity index (χ1v) is 9.58. The van der Waals surface area contributed by atoms with Crippen molar-refractivity contribution in [2.45, 2.75) is 26.2 Å². The van der Waals surface area contributed by atoms with E-state index in [-0.39, 0.29) is 5.91 Å². The fourth-order valence-corrected chi connectivity index (χ4v) is 4.12. The normalized spacial score (nSPS) is 17.4. The second-order valence-corrected chi connectivity index (χ2v) is 7.42. The van der Waals surface area contributed by atoms with Crippen LogP contribution in [0, 0.1) is 12.8 Å². The summed E-state index contributed by atoms with van der Waals surface area (Å²) in [5.74, 6) is 1.23. The molecular weight excluding hydrogens is 348 g/mol. The number of aryl methyl sites for hydroxylation is 1. The van der Waals surface area contributed by atoms with Crippen LogP contribution in [0.1, 0.15) is 33.9 Å². The number of nitrogens with one attached hydrogen (secondary N) is 1. The summed E-state index contributed by atoms with van der Waals surface area (Å²) in [7, 11) is 0. The van der Waals surface area contributed by atoms with Crippen LogP contribution < -0.4 is 0 Å². The van der Waals surface area contributed by atoms with Crippen LogP contribution in [0.3, 0.4) is 0 Å². The molecule has 0 aliphatic carbocycles. The van der Waals surface area contributed by atoms with Gasteiger partial charge in [-0.3, -0.25) is 9.78 Å². The van der Waals surface area contributed by atoms with Crippen LogP contribution in [-0.4, -0.2) is 48.8 Å². The Kier molecular flexibility index (Phi) is 4.75. The van der Waals surface area contributed by atoms with Gasteiger partial charge >= 0.3 is 0 Å². The first-order chi connectivity index (χ1) is 12.7. The number of imidazole rings is 1. The monoisotopic (exact) mass is 368 g/mol. The first kappa shape index (κ1) is 16.8. The molecule has 1 aliphatic heterocycles. The maximum absolute atomic E-state index is 12.7. The number of carbonyl (C=O) groups excluding carboxylic acids is 1. The molecule has 0 saturated carbocycles. The fourth-order valence-electron chi connectivity index (χ4n) is 3.35. The molecule has 1 saturated heterocycles. The minimum atomic E-state index is 0.106. The van der Waals surface area contributed by atoms with Gasteiger partial charge in [0.1, 0.15) is 10.6 Å². The number of rotatable bonds is 4. The summed E-state index contributed by atoms with van der Waals surface area (Å²) in [5, 5.41) is 0. The van der Waals surface area contributed by atoms with E-state index in [1.165, 1.54) is 11.3 Å². The highest BCUT2D eigenvalue weighted by atomic mass is 32.1. The lowest BCUT2D eigenvalue weighted by Crippen LogP contribution is -2.40. The molecule has 7 nitrogen and oxygen atoms in total. The topological polar surface area (TPSA) is 87.7 Å². The number of nitrogens with zero attached hydrogens (tertiary/aromatic N) is 5. The minimum Gasteiger partial charge on any atom is -0.343 e. The van der Waals surface area contributed by atoms with Gasteiger partial charge in [0, 0.05) is 31.7 Å². The molecule has 3 aromatic rings. The molecule has 1 atom stereocenters. The molecule has 0 bridgehead atoms. The molecule has 1 amide bonds. The lowest BCUT2D eigenvalue weighted by Gasteiger charge is -2.32. The van der Waals surface area contributed by atoms with E-state index in [9.17, 15) is 4.79 Å². The van der Waals surface area contributed by atoms with E-state index in [2.05, 4.69) is 24.9 Å². The van der Waals surface area contributed by atoms with Crippen LogP contribution in [0.25, 0.3) is 11.5 Å². The molecule has 8 heteroatoms. The number of hydrogen-bond acceptors (Lipinski definition) is 6. The third-order valence-corrected chi connectivity index (χ3v) is 5.61. The third-order valence-electron chi connectivity index (χ3n) is 4.69. The lowest BCUT2D eigenvalue weighted by atomic mass is 9.93. The van der Waals surface area contributed by atoms with Crippen LogP contribution in [0.4, 0.5) is 0 Å². The van der Waals surface area contributed by atoms with E-state index in [0.717, 1.165) is 60.1 Å². The summed E-state index contributed by atoms with van der Waals surface area (Å²) in [6.07, 6.45) is 9.98. The zero-order chi connectivity index (χ0) is 17.9. The number of carbonyl (C=O) groups is 1. The van der Waals surface area contributed by atoms with E-state index >= 15 is 0 Å². The SMILES string of the molecule is Cc1ncsc1C(=O)N1CCCC(Cc2cnc(-c3ncc[nH]3)cn2)C1. The Hall–Kier alpha value is -2.61. The zero-order valence-electron chi connectivity index (χ0n) is 14.6. The van der Waals surface area contributed by atoms with Crippen LogP contribution >= 0.6 is 11.3 Å². The molecular formula is C18H20N6OS. The summed E-state index contributed by atoms with van der Waals surface area (Å²) in [6, 6.07) is 0. The van der Waals surface area contributed by atoms with Crippen molar-refractivity contribution in [1.29, 1.82) is 0 Å². The molecule has 0 spiro atoms. The van der Waals surface area contributed by atoms with Crippen molar-refractivity contribution in [3.8, 4) is 11.5 Å². The Morgan fingerprint density at radius 3 is 2.92 bits per heavy atom. The van der Waals surface area contributed by atoms with Crippen LogP contribution in [-0.2, 0) is 6.42 Å². The minimum absolute atomic E-state index is 0.106. The predicted molar refractivity (Wildman–Crippen MR) is 98.8 cm³/mol. The predicted octanol–water partition coefficient (Wildman–Crippen LogP) is 2.73. The molecule has 26 heavy (non-hydrogen) atoms. The highest BCUT2D eigenvalue weighted by molar-refractivity contribution is 7.11. The molecule has 134 valence electrons. The highest BCUT2D eigenvalue weighted by Gasteiger charge is 2.26. The molecule has 3 aromatic heterocycles. The summed E-state index contributed by atoms with van der Waals surface area (Å²) in [4.78, 5) is 35.8. The van der Waals surface area contributed by atoms with E-state index in [1.807, 2.05) is 18.0 Å². The number of aromatic amines is 1. The highest BCUT2D eigenvalue weighted by Crippen LogP contribution is 2.24. The molecule has 4 rings (SSSR count). The number of likely N-dealkylation sites (tertiary alicyclic amines) is 1. The summed E-state index contributed by atoms with van der Waals surface area (Å²) < 4.78 is 0. The van der Waals surface area contributed by atoms with Gasteiger partial charge in [-0.25, -0.2) is 15.0 Å². The van der Waals surface area contributed by atoms with Gasteiger partial charge in [-0.2, -0.15) is 0 Å². The van der Waals surface area contributed by atoms with Crippen LogP contribution in [0.5, 0.6) is 0 Å². The van der Waals surface area contributed by atoms with Gasteiger partial charge in [0.15, 0.2) is 5.82 Å². The molecule has 1 N–H and O–H groups in total. The van der Waals surface area contributed by atoms with Gasteiger partial charge < -0.3 is 9.88 Å². The molecule has 0 aromatic carbocycles. The summed E-state index contributed by atoms with van der Waals surface area (Å²) in [5.41, 5.74) is 4.25. The lowest BCUT2D eigenvalue weighted by molar-refractivity contribution is 0.0676. The second-order valence-electron chi connectivity index (χ2n) is 6.56. The number of hydrogen-bond donors (Lipinski definition) is 1. The Bertz CT molecular complexity index is 873. The molecule has 0 radical (unpaired) electrons. The smallest absolute Gasteiger partial charge is 0.265 e. The van der Waals surface area contributed by atoms with Crippen LogP contribution in [0.15, 0.2) is 30.3 Å². The maximum atomic E-state index is 12.7. The number of piperidine rings is 1. The van der Waals surface area contributed by atoms with Crippen molar-refractivity contribution in [1.82, 2.24) is 29.8 Å². The number of amides is 1. The van der Waals surface area contributed by atoms with Crippen LogP contribution in [0.2, 0.25) is 0 Å². The Morgan fingerprint density at radius 1 is 1.31 bits per heavy atom. The van der Waals surface area contributed by atoms with Crippen molar-refractivity contribution in [2.24, 2.45) is 5.92 Å². The van der Waals surface area contributed by atoms with E-state index in [0.29, 0.717) is 5.92 Å². The molecule has 1 aliphatic rings. The van der Waals surface area contributed by atoms with E-state index in [1.54, 1.807) is 24.1 Å². The van der Waals surface area contributed by atoms with Crippen molar-refractivity contribution in [2.75, 3.05) is 13.1 Å².